The van der Waals surface area contributed by atoms with Crippen LogP contribution >= 0.6 is 11.6 Å². The molecule has 3 aromatic rings. The van der Waals surface area contributed by atoms with Crippen LogP contribution in [0.15, 0.2) is 53.3 Å². The van der Waals surface area contributed by atoms with E-state index in [9.17, 15) is 22.8 Å². The third-order valence-corrected chi connectivity index (χ3v) is 5.37. The smallest absolute Gasteiger partial charge is 0.273 e. The molecule has 0 atom stereocenters. The lowest BCUT2D eigenvalue weighted by Gasteiger charge is -2.17. The van der Waals surface area contributed by atoms with Crippen molar-refractivity contribution < 1.29 is 18.0 Å². The summed E-state index contributed by atoms with van der Waals surface area (Å²) in [5.74, 6) is -0.588. The second kappa shape index (κ2) is 6.88. The van der Waals surface area contributed by atoms with Gasteiger partial charge >= 0.3 is 6.18 Å². The van der Waals surface area contributed by atoms with Crippen molar-refractivity contribution in [1.82, 2.24) is 9.89 Å². The Morgan fingerprint density at radius 1 is 1.10 bits per heavy atom. The fraction of sp³-hybridized carbons (Fsp3) is 0.250. The van der Waals surface area contributed by atoms with Crippen LogP contribution in [0.25, 0.3) is 10.8 Å². The van der Waals surface area contributed by atoms with Crippen molar-refractivity contribution in [2.45, 2.75) is 30.9 Å². The molecule has 1 aliphatic carbocycles. The Morgan fingerprint density at radius 3 is 2.31 bits per heavy atom. The van der Waals surface area contributed by atoms with Crippen molar-refractivity contribution in [3.05, 3.63) is 75.2 Å². The number of halogens is 4. The third-order valence-electron chi connectivity index (χ3n) is 5.11. The molecule has 4 rings (SSSR count). The number of hydrogen-bond donors (Lipinski definition) is 1. The minimum absolute atomic E-state index is 0.0247. The van der Waals surface area contributed by atoms with E-state index in [2.05, 4.69) is 10.5 Å². The molecule has 1 N–H and O–H groups in total. The molecule has 0 bridgehead atoms. The first-order chi connectivity index (χ1) is 13.7. The maximum atomic E-state index is 13.4. The van der Waals surface area contributed by atoms with Gasteiger partial charge in [0, 0.05) is 22.2 Å². The Bertz CT molecular complexity index is 1150. The predicted octanol–water partition coefficient (Wildman–Crippen LogP) is 4.26. The SMILES string of the molecule is O=C(CC1(c2ccc(Cl)cc2)CC1)Nn1nc(C(F)(F)F)c2ccccc2c1=O. The van der Waals surface area contributed by atoms with E-state index in [-0.39, 0.29) is 17.2 Å². The van der Waals surface area contributed by atoms with Crippen LogP contribution in [0.3, 0.4) is 0 Å². The normalized spacial score (nSPS) is 15.3. The lowest BCUT2D eigenvalue weighted by atomic mass is 9.92. The summed E-state index contributed by atoms with van der Waals surface area (Å²) in [5.41, 5.74) is 0.692. The number of aromatic nitrogens is 2. The molecule has 0 saturated heterocycles. The van der Waals surface area contributed by atoms with E-state index >= 15 is 0 Å². The van der Waals surface area contributed by atoms with Crippen molar-refractivity contribution in [3.8, 4) is 0 Å². The van der Waals surface area contributed by atoms with Crippen LogP contribution < -0.4 is 11.0 Å². The lowest BCUT2D eigenvalue weighted by molar-refractivity contribution is -0.141. The minimum Gasteiger partial charge on any atom is -0.273 e. The molecule has 0 unspecified atom stereocenters. The molecule has 1 saturated carbocycles. The van der Waals surface area contributed by atoms with E-state index in [4.69, 9.17) is 11.6 Å². The first-order valence-corrected chi connectivity index (χ1v) is 9.23. The van der Waals surface area contributed by atoms with Crippen molar-refractivity contribution in [1.29, 1.82) is 0 Å². The number of rotatable bonds is 4. The molecule has 1 heterocycles. The van der Waals surface area contributed by atoms with Gasteiger partial charge in [0.15, 0.2) is 5.69 Å². The highest BCUT2D eigenvalue weighted by molar-refractivity contribution is 6.30. The molecular formula is C20H15ClF3N3O2. The molecule has 29 heavy (non-hydrogen) atoms. The quantitative estimate of drug-likeness (QED) is 0.684. The van der Waals surface area contributed by atoms with E-state index in [1.807, 2.05) is 12.1 Å². The number of hydrogen-bond acceptors (Lipinski definition) is 3. The first-order valence-electron chi connectivity index (χ1n) is 8.85. The molecule has 5 nitrogen and oxygen atoms in total. The van der Waals surface area contributed by atoms with Gasteiger partial charge in [-0.2, -0.15) is 13.2 Å². The molecule has 1 amide bonds. The lowest BCUT2D eigenvalue weighted by Crippen LogP contribution is -2.38. The highest BCUT2D eigenvalue weighted by Crippen LogP contribution is 2.51. The molecule has 0 spiro atoms. The zero-order chi connectivity index (χ0) is 20.8. The van der Waals surface area contributed by atoms with Crippen LogP contribution in [0, 0.1) is 0 Å². The van der Waals surface area contributed by atoms with Crippen LogP contribution in [0.2, 0.25) is 5.02 Å². The van der Waals surface area contributed by atoms with Gasteiger partial charge in [0.2, 0.25) is 5.91 Å². The van der Waals surface area contributed by atoms with Gasteiger partial charge in [0.05, 0.1) is 5.39 Å². The van der Waals surface area contributed by atoms with E-state index in [1.165, 1.54) is 24.3 Å². The zero-order valence-corrected chi connectivity index (χ0v) is 15.7. The Labute approximate surface area is 168 Å². The molecule has 0 aliphatic heterocycles. The van der Waals surface area contributed by atoms with Crippen molar-refractivity contribution in [3.63, 3.8) is 0 Å². The van der Waals surface area contributed by atoms with Gasteiger partial charge in [-0.3, -0.25) is 9.59 Å². The summed E-state index contributed by atoms with van der Waals surface area (Å²) >= 11 is 5.89. The summed E-state index contributed by atoms with van der Waals surface area (Å²) in [4.78, 5) is 25.5. The Balaban J connectivity index is 1.64. The van der Waals surface area contributed by atoms with Gasteiger partial charge in [-0.15, -0.1) is 9.89 Å². The van der Waals surface area contributed by atoms with E-state index < -0.39 is 28.8 Å². The molecule has 0 radical (unpaired) electrons. The van der Waals surface area contributed by atoms with Crippen molar-refractivity contribution >= 4 is 28.3 Å². The highest BCUT2D eigenvalue weighted by atomic mass is 35.5. The number of nitrogens with zero attached hydrogens (tertiary/aromatic N) is 2. The van der Waals surface area contributed by atoms with Crippen LogP contribution in [0.4, 0.5) is 13.2 Å². The van der Waals surface area contributed by atoms with Crippen molar-refractivity contribution in [2.24, 2.45) is 0 Å². The number of carbonyl (C=O) groups excluding carboxylic acids is 1. The first kappa shape index (κ1) is 19.4. The average Bonchev–Trinajstić information content (AvgIpc) is 3.44. The highest BCUT2D eigenvalue weighted by Gasteiger charge is 2.46. The zero-order valence-electron chi connectivity index (χ0n) is 15.0. The second-order valence-corrected chi connectivity index (χ2v) is 7.54. The molecular weight excluding hydrogens is 407 g/mol. The van der Waals surface area contributed by atoms with Gasteiger partial charge in [-0.05, 0) is 36.6 Å². The number of nitrogens with one attached hydrogen (secondary N) is 1. The molecule has 9 heteroatoms. The van der Waals surface area contributed by atoms with Gasteiger partial charge in [-0.25, -0.2) is 5.43 Å². The Morgan fingerprint density at radius 2 is 1.72 bits per heavy atom. The van der Waals surface area contributed by atoms with Crippen LogP contribution in [0.5, 0.6) is 0 Å². The number of amides is 1. The van der Waals surface area contributed by atoms with Crippen LogP contribution in [-0.4, -0.2) is 15.8 Å². The number of benzene rings is 2. The second-order valence-electron chi connectivity index (χ2n) is 7.11. The summed E-state index contributed by atoms with van der Waals surface area (Å²) in [6.45, 7) is 0. The minimum atomic E-state index is -4.78. The van der Waals surface area contributed by atoms with Gasteiger partial charge in [-0.1, -0.05) is 41.9 Å². The van der Waals surface area contributed by atoms with E-state index in [0.29, 0.717) is 9.81 Å². The van der Waals surface area contributed by atoms with Gasteiger partial charge in [0.1, 0.15) is 0 Å². The summed E-state index contributed by atoms with van der Waals surface area (Å²) in [6, 6.07) is 12.4. The largest absolute Gasteiger partial charge is 0.435 e. The number of fused-ring (bicyclic) bond motifs is 1. The third kappa shape index (κ3) is 3.72. The van der Waals surface area contributed by atoms with Crippen LogP contribution in [-0.2, 0) is 16.4 Å². The molecule has 1 aromatic heterocycles. The standard InChI is InChI=1S/C20H15ClF3N3O2/c21-13-7-5-12(6-8-13)19(9-10-19)11-16(28)25-27-18(29)15-4-2-1-3-14(15)17(26-27)20(22,23)24/h1-8H,9-11H2,(H,25,28). The molecule has 2 aromatic carbocycles. The average molecular weight is 422 g/mol. The van der Waals surface area contributed by atoms with Gasteiger partial charge in [0.25, 0.3) is 5.56 Å². The van der Waals surface area contributed by atoms with E-state index in [0.717, 1.165) is 18.4 Å². The molecule has 1 aliphatic rings. The number of carbonyl (C=O) groups is 1. The van der Waals surface area contributed by atoms with Crippen molar-refractivity contribution in [2.75, 3.05) is 5.43 Å². The van der Waals surface area contributed by atoms with E-state index in [1.54, 1.807) is 12.1 Å². The fourth-order valence-corrected chi connectivity index (χ4v) is 3.59. The maximum absolute atomic E-state index is 13.4. The predicted molar refractivity (Wildman–Crippen MR) is 102 cm³/mol. The Kier molecular flexibility index (Phi) is 4.61. The number of alkyl halides is 3. The summed E-state index contributed by atoms with van der Waals surface area (Å²) in [5, 5.41) is 3.46. The monoisotopic (exact) mass is 421 g/mol. The van der Waals surface area contributed by atoms with Gasteiger partial charge < -0.3 is 0 Å². The fourth-order valence-electron chi connectivity index (χ4n) is 3.46. The summed E-state index contributed by atoms with van der Waals surface area (Å²) in [6.07, 6.45) is -3.23. The molecule has 150 valence electrons. The molecule has 1 fully saturated rings. The summed E-state index contributed by atoms with van der Waals surface area (Å²) < 4.78 is 40.2. The summed E-state index contributed by atoms with van der Waals surface area (Å²) in [7, 11) is 0. The Hall–Kier alpha value is -2.87. The topological polar surface area (TPSA) is 64.0 Å². The maximum Gasteiger partial charge on any atom is 0.435 e. The van der Waals surface area contributed by atoms with Crippen LogP contribution in [0.1, 0.15) is 30.5 Å².